The van der Waals surface area contributed by atoms with E-state index in [1.165, 1.54) is 37.1 Å². The Hall–Kier alpha value is -1.60. The van der Waals surface area contributed by atoms with Crippen LogP contribution >= 0.6 is 0 Å². The third-order valence-electron chi connectivity index (χ3n) is 5.02. The van der Waals surface area contributed by atoms with Gasteiger partial charge in [-0.15, -0.1) is 0 Å². The second-order valence-corrected chi connectivity index (χ2v) is 6.85. The highest BCUT2D eigenvalue weighted by atomic mass is 15.2. The highest BCUT2D eigenvalue weighted by Gasteiger charge is 2.27. The Kier molecular flexibility index (Phi) is 4.94. The molecule has 0 amide bonds. The van der Waals surface area contributed by atoms with Crippen molar-refractivity contribution in [3.8, 4) is 0 Å². The summed E-state index contributed by atoms with van der Waals surface area (Å²) >= 11 is 0. The van der Waals surface area contributed by atoms with E-state index in [0.717, 1.165) is 5.92 Å². The molecule has 2 aromatic rings. The lowest BCUT2D eigenvalue weighted by molar-refractivity contribution is 0.262. The summed E-state index contributed by atoms with van der Waals surface area (Å²) in [7, 11) is 0. The Morgan fingerprint density at radius 3 is 1.91 bits per heavy atom. The molecular formula is C21H27N. The van der Waals surface area contributed by atoms with Crippen LogP contribution < -0.4 is 0 Å². The van der Waals surface area contributed by atoms with Crippen molar-refractivity contribution in [3.05, 3.63) is 71.8 Å². The number of nitrogens with zero attached hydrogens (tertiary/aromatic N) is 1. The van der Waals surface area contributed by atoms with Crippen LogP contribution in [0.4, 0.5) is 0 Å². The third-order valence-corrected chi connectivity index (χ3v) is 5.02. The van der Waals surface area contributed by atoms with Gasteiger partial charge in [0.05, 0.1) is 0 Å². The summed E-state index contributed by atoms with van der Waals surface area (Å²) < 4.78 is 0. The van der Waals surface area contributed by atoms with Gasteiger partial charge in [-0.2, -0.15) is 0 Å². The molecule has 1 heterocycles. The molecular weight excluding hydrogens is 266 g/mol. The molecule has 0 N–H and O–H groups in total. The second kappa shape index (κ2) is 7.11. The van der Waals surface area contributed by atoms with Crippen LogP contribution in [0.1, 0.15) is 43.7 Å². The average molecular weight is 293 g/mol. The Bertz CT molecular complexity index is 521. The first kappa shape index (κ1) is 15.3. The number of rotatable bonds is 5. The van der Waals surface area contributed by atoms with Gasteiger partial charge in [-0.05, 0) is 50.3 Å². The lowest BCUT2D eigenvalue weighted by Gasteiger charge is -2.23. The monoisotopic (exact) mass is 293 g/mol. The molecule has 2 aromatic carbocycles. The topological polar surface area (TPSA) is 3.24 Å². The standard InChI is InChI=1S/C21H27N/c1-17(2)22-14-13-18(16-22)15-21(19-9-5-3-6-10-19)20-11-7-4-8-12-20/h3-12,17-18,21H,13-16H2,1-2H3/t18-/m0/s1. The van der Waals surface area contributed by atoms with Crippen LogP contribution in [0.15, 0.2) is 60.7 Å². The third kappa shape index (κ3) is 3.59. The zero-order valence-corrected chi connectivity index (χ0v) is 13.8. The summed E-state index contributed by atoms with van der Waals surface area (Å²) in [4.78, 5) is 2.62. The largest absolute Gasteiger partial charge is 0.301 e. The molecule has 1 heteroatoms. The minimum absolute atomic E-state index is 0.527. The molecule has 3 rings (SSSR count). The first-order valence-corrected chi connectivity index (χ1v) is 8.58. The van der Waals surface area contributed by atoms with Crippen molar-refractivity contribution < 1.29 is 0 Å². The van der Waals surface area contributed by atoms with E-state index in [9.17, 15) is 0 Å². The number of hydrogen-bond donors (Lipinski definition) is 0. The summed E-state index contributed by atoms with van der Waals surface area (Å²) in [6.45, 7) is 7.15. The van der Waals surface area contributed by atoms with Crippen molar-refractivity contribution in [3.63, 3.8) is 0 Å². The molecule has 1 atom stereocenters. The first-order valence-electron chi connectivity index (χ1n) is 8.58. The Morgan fingerprint density at radius 2 is 1.45 bits per heavy atom. The smallest absolute Gasteiger partial charge is 0.00924 e. The van der Waals surface area contributed by atoms with Crippen LogP contribution in [0.2, 0.25) is 0 Å². The van der Waals surface area contributed by atoms with Gasteiger partial charge in [0.1, 0.15) is 0 Å². The van der Waals surface area contributed by atoms with Gasteiger partial charge in [0.15, 0.2) is 0 Å². The summed E-state index contributed by atoms with van der Waals surface area (Å²) in [5, 5.41) is 0. The van der Waals surface area contributed by atoms with Crippen molar-refractivity contribution in [2.75, 3.05) is 13.1 Å². The molecule has 1 nitrogen and oxygen atoms in total. The van der Waals surface area contributed by atoms with Crippen molar-refractivity contribution in [2.24, 2.45) is 5.92 Å². The van der Waals surface area contributed by atoms with Gasteiger partial charge in [-0.1, -0.05) is 60.7 Å². The zero-order valence-electron chi connectivity index (χ0n) is 13.8. The molecule has 0 unspecified atom stereocenters. The summed E-state index contributed by atoms with van der Waals surface area (Å²) in [6.07, 6.45) is 2.60. The normalized spacial score (nSPS) is 19.2. The van der Waals surface area contributed by atoms with Gasteiger partial charge in [0, 0.05) is 18.5 Å². The van der Waals surface area contributed by atoms with E-state index in [1.54, 1.807) is 0 Å². The van der Waals surface area contributed by atoms with E-state index in [0.29, 0.717) is 12.0 Å². The zero-order chi connectivity index (χ0) is 15.4. The molecule has 1 aliphatic rings. The SMILES string of the molecule is CC(C)N1CC[C@@H](CC(c2ccccc2)c2ccccc2)C1. The summed E-state index contributed by atoms with van der Waals surface area (Å²) in [6, 6.07) is 22.7. The lowest BCUT2D eigenvalue weighted by Crippen LogP contribution is -2.28. The van der Waals surface area contributed by atoms with Crippen molar-refractivity contribution in [1.82, 2.24) is 4.90 Å². The minimum atomic E-state index is 0.527. The van der Waals surface area contributed by atoms with Crippen molar-refractivity contribution in [2.45, 2.75) is 38.6 Å². The molecule has 22 heavy (non-hydrogen) atoms. The van der Waals surface area contributed by atoms with Crippen molar-refractivity contribution >= 4 is 0 Å². The van der Waals surface area contributed by atoms with Crippen LogP contribution in [-0.4, -0.2) is 24.0 Å². The van der Waals surface area contributed by atoms with Crippen LogP contribution in [0.25, 0.3) is 0 Å². The predicted molar refractivity (Wildman–Crippen MR) is 94.2 cm³/mol. The number of likely N-dealkylation sites (tertiary alicyclic amines) is 1. The second-order valence-electron chi connectivity index (χ2n) is 6.85. The van der Waals surface area contributed by atoms with E-state index in [1.807, 2.05) is 0 Å². The van der Waals surface area contributed by atoms with E-state index >= 15 is 0 Å². The Labute approximate surface area is 135 Å². The summed E-state index contributed by atoms with van der Waals surface area (Å²) in [5.74, 6) is 1.34. The fourth-order valence-corrected chi connectivity index (χ4v) is 3.69. The van der Waals surface area contributed by atoms with Gasteiger partial charge in [-0.25, -0.2) is 0 Å². The predicted octanol–water partition coefficient (Wildman–Crippen LogP) is 4.94. The molecule has 0 radical (unpaired) electrons. The molecule has 0 spiro atoms. The van der Waals surface area contributed by atoms with Crippen molar-refractivity contribution in [1.29, 1.82) is 0 Å². The van der Waals surface area contributed by atoms with E-state index in [4.69, 9.17) is 0 Å². The minimum Gasteiger partial charge on any atom is -0.301 e. The van der Waals surface area contributed by atoms with Crippen LogP contribution in [0.5, 0.6) is 0 Å². The first-order chi connectivity index (χ1) is 10.7. The van der Waals surface area contributed by atoms with Crippen LogP contribution in [0, 0.1) is 5.92 Å². The van der Waals surface area contributed by atoms with E-state index < -0.39 is 0 Å². The highest BCUT2D eigenvalue weighted by Crippen LogP contribution is 2.34. The van der Waals surface area contributed by atoms with Crippen LogP contribution in [-0.2, 0) is 0 Å². The Morgan fingerprint density at radius 1 is 0.909 bits per heavy atom. The van der Waals surface area contributed by atoms with Gasteiger partial charge in [-0.3, -0.25) is 0 Å². The maximum absolute atomic E-state index is 2.62. The Balaban J connectivity index is 1.78. The van der Waals surface area contributed by atoms with Gasteiger partial charge in [0.25, 0.3) is 0 Å². The van der Waals surface area contributed by atoms with Gasteiger partial charge in [0.2, 0.25) is 0 Å². The van der Waals surface area contributed by atoms with E-state index in [-0.39, 0.29) is 0 Å². The molecule has 0 aliphatic carbocycles. The quantitative estimate of drug-likeness (QED) is 0.755. The molecule has 1 saturated heterocycles. The summed E-state index contributed by atoms with van der Waals surface area (Å²) in [5.41, 5.74) is 2.91. The lowest BCUT2D eigenvalue weighted by atomic mass is 9.83. The van der Waals surface area contributed by atoms with Gasteiger partial charge < -0.3 is 4.90 Å². The average Bonchev–Trinajstić information content (AvgIpc) is 3.03. The molecule has 0 bridgehead atoms. The van der Waals surface area contributed by atoms with Gasteiger partial charge >= 0.3 is 0 Å². The molecule has 0 aromatic heterocycles. The maximum atomic E-state index is 2.62. The highest BCUT2D eigenvalue weighted by molar-refractivity contribution is 5.32. The van der Waals surface area contributed by atoms with Crippen LogP contribution in [0.3, 0.4) is 0 Å². The fraction of sp³-hybridized carbons (Fsp3) is 0.429. The number of hydrogen-bond acceptors (Lipinski definition) is 1. The van der Waals surface area contributed by atoms with E-state index in [2.05, 4.69) is 79.4 Å². The number of benzene rings is 2. The fourth-order valence-electron chi connectivity index (χ4n) is 3.69. The molecule has 116 valence electrons. The maximum Gasteiger partial charge on any atom is 0.00924 e. The molecule has 0 saturated carbocycles. The molecule has 1 aliphatic heterocycles. The molecule has 1 fully saturated rings.